The van der Waals surface area contributed by atoms with Crippen LogP contribution in [-0.2, 0) is 4.79 Å². The van der Waals surface area contributed by atoms with E-state index in [1.54, 1.807) is 5.57 Å². The first kappa shape index (κ1) is 25.5. The van der Waals surface area contributed by atoms with Crippen LogP contribution in [0.1, 0.15) is 121 Å². The zero-order valence-electron chi connectivity index (χ0n) is 23.7. The summed E-state index contributed by atoms with van der Waals surface area (Å²) in [4.78, 5) is 13.6. The number of hydrogen-bond donors (Lipinski definition) is 0. The van der Waals surface area contributed by atoms with Crippen LogP contribution in [-0.4, -0.2) is 5.78 Å². The van der Waals surface area contributed by atoms with E-state index in [4.69, 9.17) is 0 Å². The molecule has 0 aromatic rings. The van der Waals surface area contributed by atoms with E-state index in [-0.39, 0.29) is 16.7 Å². The Morgan fingerprint density at radius 2 is 1.64 bits per heavy atom. The molecule has 3 saturated carbocycles. The predicted molar refractivity (Wildman–Crippen MR) is 141 cm³/mol. The Labute approximate surface area is 206 Å². The van der Waals surface area contributed by atoms with E-state index in [9.17, 15) is 4.79 Å². The van der Waals surface area contributed by atoms with E-state index < -0.39 is 0 Å². The maximum absolute atomic E-state index is 13.6. The number of fused-ring (bicyclic) bond motifs is 5. The highest BCUT2D eigenvalue weighted by atomic mass is 16.1. The quantitative estimate of drug-likeness (QED) is 0.405. The molecule has 0 amide bonds. The van der Waals surface area contributed by atoms with Crippen molar-refractivity contribution in [2.75, 3.05) is 0 Å². The molecule has 0 aromatic heterocycles. The lowest BCUT2D eigenvalue weighted by Crippen LogP contribution is -2.56. The Balaban J connectivity index is 1.68. The summed E-state index contributed by atoms with van der Waals surface area (Å²) in [5, 5.41) is 0. The highest BCUT2D eigenvalue weighted by Gasteiger charge is 2.66. The zero-order valence-corrected chi connectivity index (χ0v) is 23.7. The molecule has 0 heterocycles. The van der Waals surface area contributed by atoms with Crippen LogP contribution in [0.3, 0.4) is 0 Å². The number of carbonyl (C=O) groups is 1. The first-order chi connectivity index (χ1) is 15.2. The molecule has 0 N–H and O–H groups in total. The largest absolute Gasteiger partial charge is 0.295 e. The topological polar surface area (TPSA) is 17.1 Å². The van der Waals surface area contributed by atoms with Gasteiger partial charge in [-0.1, -0.05) is 81.2 Å². The van der Waals surface area contributed by atoms with Crippen molar-refractivity contribution >= 4 is 5.78 Å². The molecular formula is C32H54O. The first-order valence-corrected chi connectivity index (χ1v) is 14.4. The van der Waals surface area contributed by atoms with E-state index in [2.05, 4.69) is 75.3 Å². The monoisotopic (exact) mass is 454 g/mol. The van der Waals surface area contributed by atoms with E-state index >= 15 is 0 Å². The van der Waals surface area contributed by atoms with Crippen LogP contribution in [0.2, 0.25) is 0 Å². The first-order valence-electron chi connectivity index (χ1n) is 14.4. The molecule has 188 valence electrons. The van der Waals surface area contributed by atoms with Crippen molar-refractivity contribution in [3.05, 3.63) is 11.6 Å². The molecule has 0 aromatic carbocycles. The predicted octanol–water partition coefficient (Wildman–Crippen LogP) is 9.12. The average Bonchev–Trinajstić information content (AvgIpc) is 3.00. The molecule has 1 nitrogen and oxygen atoms in total. The summed E-state index contributed by atoms with van der Waals surface area (Å²) in [5.74, 6) is 5.03. The van der Waals surface area contributed by atoms with Gasteiger partial charge in [0.05, 0.1) is 0 Å². The maximum atomic E-state index is 13.6. The highest BCUT2D eigenvalue weighted by molar-refractivity contribution is 5.94. The van der Waals surface area contributed by atoms with Gasteiger partial charge in [-0.05, 0) is 108 Å². The Morgan fingerprint density at radius 3 is 2.27 bits per heavy atom. The number of hydrogen-bond acceptors (Lipinski definition) is 1. The Hall–Kier alpha value is -0.590. The average molecular weight is 455 g/mol. The van der Waals surface area contributed by atoms with Gasteiger partial charge in [0.25, 0.3) is 0 Å². The van der Waals surface area contributed by atoms with E-state index in [1.165, 1.54) is 44.9 Å². The van der Waals surface area contributed by atoms with Gasteiger partial charge in [0.15, 0.2) is 5.78 Å². The molecule has 4 rings (SSSR count). The van der Waals surface area contributed by atoms with Crippen LogP contribution in [0.5, 0.6) is 0 Å². The van der Waals surface area contributed by atoms with E-state index in [1.807, 2.05) is 0 Å². The van der Waals surface area contributed by atoms with Gasteiger partial charge in [-0.25, -0.2) is 0 Å². The highest BCUT2D eigenvalue weighted by Crippen LogP contribution is 2.73. The third-order valence-electron chi connectivity index (χ3n) is 12.8. The van der Waals surface area contributed by atoms with Crippen molar-refractivity contribution in [1.29, 1.82) is 0 Å². The van der Waals surface area contributed by atoms with Gasteiger partial charge in [-0.3, -0.25) is 4.79 Å². The van der Waals surface area contributed by atoms with E-state index in [0.29, 0.717) is 28.4 Å². The van der Waals surface area contributed by atoms with Gasteiger partial charge in [0, 0.05) is 5.92 Å². The number of carbonyl (C=O) groups excluding carboxylic acids is 1. The smallest absolute Gasteiger partial charge is 0.159 e. The Morgan fingerprint density at radius 1 is 0.970 bits per heavy atom. The van der Waals surface area contributed by atoms with Gasteiger partial charge in [0.1, 0.15) is 0 Å². The molecule has 4 aliphatic rings. The number of ketones is 1. The number of allylic oxidation sites excluding steroid dienone is 2. The molecule has 9 atom stereocenters. The summed E-state index contributed by atoms with van der Waals surface area (Å²) < 4.78 is 0. The zero-order chi connectivity index (χ0) is 24.6. The van der Waals surface area contributed by atoms with Crippen molar-refractivity contribution < 1.29 is 4.79 Å². The molecule has 3 fully saturated rings. The molecule has 0 spiro atoms. The second-order valence-corrected chi connectivity index (χ2v) is 15.1. The molecule has 1 unspecified atom stereocenters. The molecule has 0 saturated heterocycles. The lowest BCUT2D eigenvalue weighted by Gasteiger charge is -2.62. The fraction of sp³-hybridized carbons (Fsp3) is 0.906. The normalized spacial score (nSPS) is 46.5. The van der Waals surface area contributed by atoms with Crippen LogP contribution in [0, 0.1) is 63.1 Å². The van der Waals surface area contributed by atoms with Crippen molar-refractivity contribution in [1.82, 2.24) is 0 Å². The summed E-state index contributed by atoms with van der Waals surface area (Å²) in [6, 6.07) is 0. The van der Waals surface area contributed by atoms with Crippen molar-refractivity contribution in [2.45, 2.75) is 121 Å². The van der Waals surface area contributed by atoms with Crippen molar-refractivity contribution in [2.24, 2.45) is 63.1 Å². The minimum absolute atomic E-state index is 0.176. The molecule has 0 aliphatic heterocycles. The van der Waals surface area contributed by atoms with Crippen LogP contribution >= 0.6 is 0 Å². The van der Waals surface area contributed by atoms with Crippen molar-refractivity contribution in [3.63, 3.8) is 0 Å². The minimum Gasteiger partial charge on any atom is -0.295 e. The maximum Gasteiger partial charge on any atom is 0.159 e. The van der Waals surface area contributed by atoms with Crippen LogP contribution in [0.4, 0.5) is 0 Å². The third kappa shape index (κ3) is 3.64. The molecule has 4 aliphatic carbocycles. The SMILES string of the molecule is CC(C)CC[C@@H](C)C(C)(C)[C@H]1CC[C@@]2(C)C3=CC(=O)[C@@H]4C[C@@H](C)[C@@H](C)C[C@]4(C)C3CC[C@]12C. The molecule has 0 radical (unpaired) electrons. The fourth-order valence-electron chi connectivity index (χ4n) is 9.76. The summed E-state index contributed by atoms with van der Waals surface area (Å²) in [6.45, 7) is 24.9. The molecule has 0 bridgehead atoms. The third-order valence-corrected chi connectivity index (χ3v) is 12.8. The second kappa shape index (κ2) is 8.23. The standard InChI is InChI=1S/C32H54O/c1-20(2)11-12-23(5)29(6,7)28-14-16-31(9)25-18-27(33)26-17-21(3)22(4)19-30(26,8)24(25)13-15-32(28,31)10/h18,20-24,26,28H,11-17,19H2,1-10H3/t21-,22+,23-,24?,26+,28-,30-,31+,32-/m1/s1. The van der Waals surface area contributed by atoms with Gasteiger partial charge < -0.3 is 0 Å². The lowest BCUT2D eigenvalue weighted by molar-refractivity contribution is -0.134. The van der Waals surface area contributed by atoms with Crippen LogP contribution in [0.15, 0.2) is 11.6 Å². The molecule has 1 heteroatoms. The minimum atomic E-state index is 0.176. The van der Waals surface area contributed by atoms with Crippen molar-refractivity contribution in [3.8, 4) is 0 Å². The molecule has 33 heavy (non-hydrogen) atoms. The van der Waals surface area contributed by atoms with Gasteiger partial charge in [0.2, 0.25) is 0 Å². The van der Waals surface area contributed by atoms with E-state index in [0.717, 1.165) is 30.1 Å². The summed E-state index contributed by atoms with van der Waals surface area (Å²) in [7, 11) is 0. The Kier molecular flexibility index (Phi) is 6.36. The lowest BCUT2D eigenvalue weighted by atomic mass is 9.41. The van der Waals surface area contributed by atoms with Gasteiger partial charge in [-0.15, -0.1) is 0 Å². The van der Waals surface area contributed by atoms with Crippen LogP contribution < -0.4 is 0 Å². The second-order valence-electron chi connectivity index (χ2n) is 15.1. The van der Waals surface area contributed by atoms with Gasteiger partial charge >= 0.3 is 0 Å². The summed E-state index contributed by atoms with van der Waals surface area (Å²) in [5.41, 5.74) is 2.59. The fourth-order valence-corrected chi connectivity index (χ4v) is 9.76. The number of rotatable bonds is 5. The molecular weight excluding hydrogens is 400 g/mol. The summed E-state index contributed by atoms with van der Waals surface area (Å²) >= 11 is 0. The summed E-state index contributed by atoms with van der Waals surface area (Å²) in [6.07, 6.45) is 12.5. The van der Waals surface area contributed by atoms with Crippen LogP contribution in [0.25, 0.3) is 0 Å². The Bertz CT molecular complexity index is 803. The van der Waals surface area contributed by atoms with Gasteiger partial charge in [-0.2, -0.15) is 0 Å².